The number of hydrogen-bond acceptors (Lipinski definition) is 2. The summed E-state index contributed by atoms with van der Waals surface area (Å²) < 4.78 is 2.62. The Bertz CT molecular complexity index is 3330. The third-order valence-corrected chi connectivity index (χ3v) is 13.1. The van der Waals surface area contributed by atoms with Gasteiger partial charge in [-0.1, -0.05) is 212 Å². The van der Waals surface area contributed by atoms with Crippen LogP contribution < -0.4 is 4.90 Å². The van der Waals surface area contributed by atoms with Gasteiger partial charge in [0.05, 0.1) is 11.4 Å². The van der Waals surface area contributed by atoms with E-state index in [9.17, 15) is 0 Å². The lowest BCUT2D eigenvalue weighted by atomic mass is 9.88. The molecule has 0 N–H and O–H groups in total. The summed E-state index contributed by atoms with van der Waals surface area (Å²) in [4.78, 5) is 2.46. The highest BCUT2D eigenvalue weighted by molar-refractivity contribution is 7.25. The first-order valence-corrected chi connectivity index (χ1v) is 22.0. The normalized spacial score (nSPS) is 11.2. The molecule has 0 unspecified atom stereocenters. The van der Waals surface area contributed by atoms with Crippen molar-refractivity contribution in [1.82, 2.24) is 0 Å². The molecule has 0 bridgehead atoms. The van der Waals surface area contributed by atoms with Gasteiger partial charge in [-0.25, -0.2) is 0 Å². The van der Waals surface area contributed by atoms with E-state index in [1.807, 2.05) is 11.3 Å². The Morgan fingerprint density at radius 3 is 1.34 bits per heavy atom. The lowest BCUT2D eigenvalue weighted by Gasteiger charge is -2.30. The molecule has 0 aliphatic heterocycles. The number of fused-ring (bicyclic) bond motifs is 3. The molecule has 0 saturated heterocycles. The molecule has 62 heavy (non-hydrogen) atoms. The summed E-state index contributed by atoms with van der Waals surface area (Å²) in [5, 5.41) is 2.63. The van der Waals surface area contributed by atoms with Gasteiger partial charge in [0.2, 0.25) is 0 Å². The summed E-state index contributed by atoms with van der Waals surface area (Å²) >= 11 is 1.86. The highest BCUT2D eigenvalue weighted by Crippen LogP contribution is 2.48. The minimum atomic E-state index is 1.08. The minimum Gasteiger partial charge on any atom is -0.309 e. The van der Waals surface area contributed by atoms with Crippen molar-refractivity contribution in [2.75, 3.05) is 4.90 Å². The van der Waals surface area contributed by atoms with E-state index in [1.54, 1.807) is 0 Å². The number of anilines is 3. The van der Waals surface area contributed by atoms with E-state index in [2.05, 4.69) is 254 Å². The fourth-order valence-electron chi connectivity index (χ4n) is 9.04. The second kappa shape index (κ2) is 16.3. The zero-order valence-corrected chi connectivity index (χ0v) is 34.8. The summed E-state index contributed by atoms with van der Waals surface area (Å²) in [6.07, 6.45) is 0. The van der Waals surface area contributed by atoms with Crippen LogP contribution in [0.25, 0.3) is 86.9 Å². The van der Waals surface area contributed by atoms with Crippen molar-refractivity contribution >= 4 is 48.6 Å². The summed E-state index contributed by atoms with van der Waals surface area (Å²) in [7, 11) is 0. The van der Waals surface area contributed by atoms with Crippen molar-refractivity contribution in [3.05, 3.63) is 249 Å². The highest BCUT2D eigenvalue weighted by Gasteiger charge is 2.23. The van der Waals surface area contributed by atoms with Gasteiger partial charge in [0.15, 0.2) is 0 Å². The zero-order valence-electron chi connectivity index (χ0n) is 34.0. The molecule has 0 amide bonds. The molecular formula is C60H41NS. The molecule has 0 saturated carbocycles. The van der Waals surface area contributed by atoms with Gasteiger partial charge in [-0.3, -0.25) is 0 Å². The highest BCUT2D eigenvalue weighted by atomic mass is 32.1. The van der Waals surface area contributed by atoms with Crippen molar-refractivity contribution in [2.45, 2.75) is 0 Å². The molecule has 1 nitrogen and oxygen atoms in total. The van der Waals surface area contributed by atoms with E-state index < -0.39 is 0 Å². The van der Waals surface area contributed by atoms with Crippen molar-refractivity contribution in [1.29, 1.82) is 0 Å². The van der Waals surface area contributed by atoms with Crippen molar-refractivity contribution in [3.8, 4) is 66.8 Å². The maximum absolute atomic E-state index is 2.46. The maximum atomic E-state index is 2.46. The van der Waals surface area contributed by atoms with Crippen LogP contribution in [-0.2, 0) is 0 Å². The predicted octanol–water partition coefficient (Wildman–Crippen LogP) is 17.5. The van der Waals surface area contributed by atoms with Crippen molar-refractivity contribution < 1.29 is 0 Å². The molecule has 0 atom stereocenters. The summed E-state index contributed by atoms with van der Waals surface area (Å²) in [5.74, 6) is 0. The van der Waals surface area contributed by atoms with E-state index in [0.29, 0.717) is 0 Å². The Morgan fingerprint density at radius 2 is 0.645 bits per heavy atom. The second-order valence-corrected chi connectivity index (χ2v) is 16.7. The molecule has 292 valence electrons. The summed E-state index contributed by atoms with van der Waals surface area (Å²) in [6.45, 7) is 0. The molecular weight excluding hydrogens is 767 g/mol. The lowest BCUT2D eigenvalue weighted by molar-refractivity contribution is 1.28. The molecule has 0 aliphatic rings. The third kappa shape index (κ3) is 6.87. The Morgan fingerprint density at radius 1 is 0.242 bits per heavy atom. The number of thiophene rings is 1. The molecule has 11 rings (SSSR count). The van der Waals surface area contributed by atoms with E-state index in [0.717, 1.165) is 33.8 Å². The number of rotatable bonds is 9. The van der Waals surface area contributed by atoms with Gasteiger partial charge in [-0.15, -0.1) is 11.3 Å². The van der Waals surface area contributed by atoms with Crippen LogP contribution in [0.15, 0.2) is 249 Å². The van der Waals surface area contributed by atoms with Crippen LogP contribution in [0.4, 0.5) is 17.1 Å². The standard InChI is InChI=1S/C60H41NS/c1-3-18-42(19-4-1)43-34-36-45(37-35-43)49-23-11-14-30-56(49)61(47-40-38-46(39-41-47)50-29-17-33-59-60(50)55-28-13-16-32-58(55)62-59)57-31-15-12-27-54(57)53-26-10-9-25-52(53)51-24-8-7-22-48(51)44-20-5-2-6-21-44/h1-41H. The van der Waals surface area contributed by atoms with Gasteiger partial charge in [0.25, 0.3) is 0 Å². The van der Waals surface area contributed by atoms with Crippen LogP contribution in [-0.4, -0.2) is 0 Å². The van der Waals surface area contributed by atoms with Gasteiger partial charge in [0, 0.05) is 37.0 Å². The van der Waals surface area contributed by atoms with Crippen LogP contribution in [0.2, 0.25) is 0 Å². The fraction of sp³-hybridized carbons (Fsp3) is 0. The molecule has 11 aromatic rings. The second-order valence-electron chi connectivity index (χ2n) is 15.6. The minimum absolute atomic E-state index is 1.08. The van der Waals surface area contributed by atoms with E-state index in [4.69, 9.17) is 0 Å². The van der Waals surface area contributed by atoms with Crippen LogP contribution in [0.3, 0.4) is 0 Å². The van der Waals surface area contributed by atoms with Gasteiger partial charge >= 0.3 is 0 Å². The summed E-state index contributed by atoms with van der Waals surface area (Å²) in [6, 6.07) is 90.3. The van der Waals surface area contributed by atoms with Gasteiger partial charge in [-0.05, 0) is 92.0 Å². The average molecular weight is 808 g/mol. The van der Waals surface area contributed by atoms with Gasteiger partial charge < -0.3 is 4.90 Å². The largest absolute Gasteiger partial charge is 0.309 e. The van der Waals surface area contributed by atoms with Gasteiger partial charge in [0.1, 0.15) is 0 Å². The van der Waals surface area contributed by atoms with Crippen LogP contribution in [0.5, 0.6) is 0 Å². The van der Waals surface area contributed by atoms with E-state index in [-0.39, 0.29) is 0 Å². The quantitative estimate of drug-likeness (QED) is 0.140. The SMILES string of the molecule is c1ccc(-c2ccc(-c3ccccc3N(c3ccc(-c4cccc5sc6ccccc6c45)cc3)c3ccccc3-c3ccccc3-c3ccccc3-c3ccccc3)cc2)cc1. The van der Waals surface area contributed by atoms with Crippen molar-refractivity contribution in [2.24, 2.45) is 0 Å². The first-order valence-electron chi connectivity index (χ1n) is 21.2. The Labute approximate surface area is 367 Å². The average Bonchev–Trinajstić information content (AvgIpc) is 3.75. The first kappa shape index (κ1) is 37.2. The molecule has 10 aromatic carbocycles. The number of benzene rings is 10. The number of nitrogens with zero attached hydrogens (tertiary/aromatic N) is 1. The Hall–Kier alpha value is -7.78. The van der Waals surface area contributed by atoms with Crippen molar-refractivity contribution in [3.63, 3.8) is 0 Å². The molecule has 2 heteroatoms. The van der Waals surface area contributed by atoms with Crippen LogP contribution >= 0.6 is 11.3 Å². The van der Waals surface area contributed by atoms with E-state index in [1.165, 1.54) is 70.2 Å². The Balaban J connectivity index is 1.09. The fourth-order valence-corrected chi connectivity index (χ4v) is 10.2. The molecule has 0 radical (unpaired) electrons. The molecule has 1 heterocycles. The number of hydrogen-bond donors (Lipinski definition) is 0. The maximum Gasteiger partial charge on any atom is 0.0540 e. The zero-order chi connectivity index (χ0) is 41.2. The Kier molecular flexibility index (Phi) is 9.82. The van der Waals surface area contributed by atoms with Crippen LogP contribution in [0, 0.1) is 0 Å². The number of para-hydroxylation sites is 2. The molecule has 1 aromatic heterocycles. The summed E-state index contributed by atoms with van der Waals surface area (Å²) in [5.41, 5.74) is 17.6. The predicted molar refractivity (Wildman–Crippen MR) is 267 cm³/mol. The smallest absolute Gasteiger partial charge is 0.0540 e. The monoisotopic (exact) mass is 807 g/mol. The first-order chi connectivity index (χ1) is 30.8. The topological polar surface area (TPSA) is 3.24 Å². The lowest BCUT2D eigenvalue weighted by Crippen LogP contribution is -2.12. The molecule has 0 spiro atoms. The van der Waals surface area contributed by atoms with Crippen LogP contribution in [0.1, 0.15) is 0 Å². The molecule has 0 aliphatic carbocycles. The molecule has 0 fully saturated rings. The van der Waals surface area contributed by atoms with Gasteiger partial charge in [-0.2, -0.15) is 0 Å². The third-order valence-electron chi connectivity index (χ3n) is 12.0. The van der Waals surface area contributed by atoms with E-state index >= 15 is 0 Å².